The van der Waals surface area contributed by atoms with Crippen LogP contribution in [0.15, 0.2) is 29.2 Å². The van der Waals surface area contributed by atoms with Crippen molar-refractivity contribution in [2.75, 3.05) is 19.7 Å². The number of piperidine rings is 1. The van der Waals surface area contributed by atoms with Gasteiger partial charge in [-0.2, -0.15) is 0 Å². The number of carbonyl (C=O) groups is 2. The summed E-state index contributed by atoms with van der Waals surface area (Å²) >= 11 is 0. The monoisotopic (exact) mass is 380 g/mol. The number of amides is 1. The fourth-order valence-electron chi connectivity index (χ4n) is 3.06. The van der Waals surface area contributed by atoms with Crippen LogP contribution in [-0.4, -0.2) is 50.9 Å². The third kappa shape index (κ3) is 4.42. The molecule has 0 radical (unpaired) electrons. The van der Waals surface area contributed by atoms with Gasteiger partial charge in [0, 0.05) is 24.7 Å². The van der Waals surface area contributed by atoms with Crippen LogP contribution in [0.1, 0.15) is 43.0 Å². The summed E-state index contributed by atoms with van der Waals surface area (Å²) in [5.74, 6) is -0.759. The van der Waals surface area contributed by atoms with Crippen LogP contribution in [0.25, 0.3) is 0 Å². The van der Waals surface area contributed by atoms with Gasteiger partial charge in [0.15, 0.2) is 0 Å². The second kappa shape index (κ2) is 7.75. The molecule has 0 bridgehead atoms. The minimum atomic E-state index is -3.53. The summed E-state index contributed by atoms with van der Waals surface area (Å²) < 4.78 is 32.0. The number of nitrogens with one attached hydrogen (secondary N) is 1. The lowest BCUT2D eigenvalue weighted by Crippen LogP contribution is -2.42. The minimum absolute atomic E-state index is 0.0365. The van der Waals surface area contributed by atoms with Crippen molar-refractivity contribution < 1.29 is 22.7 Å². The van der Waals surface area contributed by atoms with Gasteiger partial charge in [-0.05, 0) is 56.9 Å². The highest BCUT2D eigenvalue weighted by molar-refractivity contribution is 7.89. The number of hydrogen-bond donors (Lipinski definition) is 1. The third-order valence-corrected chi connectivity index (χ3v) is 6.18. The molecule has 0 aromatic heterocycles. The maximum absolute atomic E-state index is 12.7. The van der Waals surface area contributed by atoms with E-state index in [1.54, 1.807) is 11.8 Å². The zero-order chi connectivity index (χ0) is 18.7. The zero-order valence-corrected chi connectivity index (χ0v) is 15.6. The number of nitrogens with zero attached hydrogens (tertiary/aromatic N) is 1. The SMILES string of the molecule is CCOC(=O)C1CCCN(C(=O)c2ccc(S(=O)(=O)NC3CC3)cc2)C1. The normalized spacial score (nSPS) is 20.7. The van der Waals surface area contributed by atoms with E-state index in [-0.39, 0.29) is 28.7 Å². The number of ether oxygens (including phenoxy) is 1. The smallest absolute Gasteiger partial charge is 0.310 e. The fraction of sp³-hybridized carbons (Fsp3) is 0.556. The lowest BCUT2D eigenvalue weighted by atomic mass is 9.97. The van der Waals surface area contributed by atoms with Gasteiger partial charge in [-0.3, -0.25) is 9.59 Å². The number of sulfonamides is 1. The van der Waals surface area contributed by atoms with Gasteiger partial charge in [-0.15, -0.1) is 0 Å². The highest BCUT2D eigenvalue weighted by atomic mass is 32.2. The molecule has 1 aliphatic carbocycles. The van der Waals surface area contributed by atoms with Crippen molar-refractivity contribution in [3.05, 3.63) is 29.8 Å². The summed E-state index contributed by atoms with van der Waals surface area (Å²) in [5.41, 5.74) is 0.417. The topological polar surface area (TPSA) is 92.8 Å². The molecular weight excluding hydrogens is 356 g/mol. The highest BCUT2D eigenvalue weighted by Crippen LogP contribution is 2.23. The van der Waals surface area contributed by atoms with E-state index in [4.69, 9.17) is 4.74 Å². The van der Waals surface area contributed by atoms with E-state index in [9.17, 15) is 18.0 Å². The molecule has 1 N–H and O–H groups in total. The number of carbonyl (C=O) groups excluding carboxylic acids is 2. The molecule has 1 amide bonds. The van der Waals surface area contributed by atoms with Crippen molar-refractivity contribution in [2.45, 2.75) is 43.5 Å². The Bertz CT molecular complexity index is 771. The Balaban J connectivity index is 1.66. The van der Waals surface area contributed by atoms with Crippen molar-refractivity contribution >= 4 is 21.9 Å². The van der Waals surface area contributed by atoms with Crippen LogP contribution in [-0.2, 0) is 19.6 Å². The number of rotatable bonds is 6. The first-order valence-electron chi connectivity index (χ1n) is 8.99. The third-order valence-electron chi connectivity index (χ3n) is 4.64. The molecule has 1 saturated carbocycles. The Labute approximate surface area is 153 Å². The average Bonchev–Trinajstić information content (AvgIpc) is 3.45. The summed E-state index contributed by atoms with van der Waals surface area (Å²) in [6.45, 7) is 3.00. The van der Waals surface area contributed by atoms with Crippen molar-refractivity contribution in [2.24, 2.45) is 5.92 Å². The number of hydrogen-bond acceptors (Lipinski definition) is 5. The van der Waals surface area contributed by atoms with Crippen molar-refractivity contribution in [3.8, 4) is 0 Å². The predicted octanol–water partition coefficient (Wildman–Crippen LogP) is 1.54. The molecule has 142 valence electrons. The Morgan fingerprint density at radius 2 is 1.88 bits per heavy atom. The lowest BCUT2D eigenvalue weighted by Gasteiger charge is -2.31. The minimum Gasteiger partial charge on any atom is -0.466 e. The van der Waals surface area contributed by atoms with E-state index in [0.717, 1.165) is 19.3 Å². The van der Waals surface area contributed by atoms with Gasteiger partial charge in [-0.1, -0.05) is 0 Å². The molecule has 3 rings (SSSR count). The van der Waals surface area contributed by atoms with E-state index in [0.29, 0.717) is 31.7 Å². The van der Waals surface area contributed by atoms with Crippen LogP contribution in [0.2, 0.25) is 0 Å². The highest BCUT2D eigenvalue weighted by Gasteiger charge is 2.30. The molecule has 2 fully saturated rings. The average molecular weight is 380 g/mol. The first kappa shape index (κ1) is 18.8. The molecule has 1 saturated heterocycles. The molecule has 1 heterocycles. The van der Waals surface area contributed by atoms with Crippen molar-refractivity contribution in [1.82, 2.24) is 9.62 Å². The first-order chi connectivity index (χ1) is 12.4. The fourth-order valence-corrected chi connectivity index (χ4v) is 4.37. The maximum Gasteiger partial charge on any atom is 0.310 e. The molecule has 1 aromatic rings. The molecule has 26 heavy (non-hydrogen) atoms. The Kier molecular flexibility index (Phi) is 5.62. The molecule has 7 nitrogen and oxygen atoms in total. The second-order valence-corrected chi connectivity index (χ2v) is 8.48. The Hall–Kier alpha value is -1.93. The molecule has 0 spiro atoms. The van der Waals surface area contributed by atoms with Crippen LogP contribution in [0.4, 0.5) is 0 Å². The van der Waals surface area contributed by atoms with Crippen LogP contribution < -0.4 is 4.72 Å². The zero-order valence-electron chi connectivity index (χ0n) is 14.8. The van der Waals surface area contributed by atoms with E-state index in [2.05, 4.69) is 4.72 Å². The quantitative estimate of drug-likeness (QED) is 0.756. The van der Waals surface area contributed by atoms with E-state index in [1.165, 1.54) is 24.3 Å². The predicted molar refractivity (Wildman–Crippen MR) is 95.0 cm³/mol. The molecule has 2 aliphatic rings. The number of esters is 1. The molecule has 8 heteroatoms. The van der Waals surface area contributed by atoms with Crippen LogP contribution in [0.5, 0.6) is 0 Å². The van der Waals surface area contributed by atoms with Crippen LogP contribution >= 0.6 is 0 Å². The first-order valence-corrected chi connectivity index (χ1v) is 10.5. The second-order valence-electron chi connectivity index (χ2n) is 6.76. The Morgan fingerprint density at radius 1 is 1.19 bits per heavy atom. The van der Waals surface area contributed by atoms with Crippen molar-refractivity contribution in [1.29, 1.82) is 0 Å². The van der Waals surface area contributed by atoms with Gasteiger partial charge in [0.05, 0.1) is 17.4 Å². The maximum atomic E-state index is 12.7. The lowest BCUT2D eigenvalue weighted by molar-refractivity contribution is -0.149. The van der Waals surface area contributed by atoms with Gasteiger partial charge in [-0.25, -0.2) is 13.1 Å². The molecule has 1 aliphatic heterocycles. The molecule has 1 unspecified atom stereocenters. The summed E-state index contributed by atoms with van der Waals surface area (Å²) in [7, 11) is -3.53. The summed E-state index contributed by atoms with van der Waals surface area (Å²) in [6, 6.07) is 5.99. The van der Waals surface area contributed by atoms with E-state index in [1.807, 2.05) is 0 Å². The van der Waals surface area contributed by atoms with E-state index >= 15 is 0 Å². The number of benzene rings is 1. The Morgan fingerprint density at radius 3 is 2.50 bits per heavy atom. The van der Waals surface area contributed by atoms with Gasteiger partial charge in [0.2, 0.25) is 10.0 Å². The van der Waals surface area contributed by atoms with E-state index < -0.39 is 10.0 Å². The van der Waals surface area contributed by atoms with Gasteiger partial charge in [0.25, 0.3) is 5.91 Å². The van der Waals surface area contributed by atoms with Crippen LogP contribution in [0, 0.1) is 5.92 Å². The molecule has 1 atom stereocenters. The molecule has 1 aromatic carbocycles. The largest absolute Gasteiger partial charge is 0.466 e. The summed E-state index contributed by atoms with van der Waals surface area (Å²) in [5, 5.41) is 0. The standard InChI is InChI=1S/C18H24N2O5S/c1-2-25-18(22)14-4-3-11-20(12-14)17(21)13-5-9-16(10-6-13)26(23,24)19-15-7-8-15/h5-6,9-10,14-15,19H,2-4,7-8,11-12H2,1H3. The van der Waals surface area contributed by atoms with Crippen LogP contribution in [0.3, 0.4) is 0 Å². The summed E-state index contributed by atoms with van der Waals surface area (Å²) in [6.07, 6.45) is 3.19. The van der Waals surface area contributed by atoms with Gasteiger partial charge in [0.1, 0.15) is 0 Å². The van der Waals surface area contributed by atoms with Gasteiger partial charge < -0.3 is 9.64 Å². The molecular formula is C18H24N2O5S. The number of likely N-dealkylation sites (tertiary alicyclic amines) is 1. The van der Waals surface area contributed by atoms with Gasteiger partial charge >= 0.3 is 5.97 Å². The summed E-state index contributed by atoms with van der Waals surface area (Å²) in [4.78, 5) is 26.4. The van der Waals surface area contributed by atoms with Crippen molar-refractivity contribution in [3.63, 3.8) is 0 Å².